The number of nitrogens with one attached hydrogen (secondary N) is 1. The van der Waals surface area contributed by atoms with Crippen LogP contribution < -0.4 is 5.32 Å². The van der Waals surface area contributed by atoms with Gasteiger partial charge >= 0.3 is 0 Å². The van der Waals surface area contributed by atoms with Gasteiger partial charge in [-0.2, -0.15) is 0 Å². The molecular weight excluding hydrogens is 208 g/mol. The highest BCUT2D eigenvalue weighted by Gasteiger charge is 2.11. The number of nitrogens with zero attached hydrogens (tertiary/aromatic N) is 1. The molecule has 0 spiro atoms. The van der Waals surface area contributed by atoms with Crippen LogP contribution in [0.25, 0.3) is 0 Å². The van der Waals surface area contributed by atoms with Gasteiger partial charge in [-0.3, -0.25) is 0 Å². The fourth-order valence-electron chi connectivity index (χ4n) is 2.19. The molecule has 0 saturated carbocycles. The van der Waals surface area contributed by atoms with Crippen molar-refractivity contribution < 1.29 is 0 Å². The van der Waals surface area contributed by atoms with Gasteiger partial charge in [0.05, 0.1) is 0 Å². The molecule has 0 bridgehead atoms. The highest BCUT2D eigenvalue weighted by Crippen LogP contribution is 2.12. The third-order valence-electron chi connectivity index (χ3n) is 3.26. The normalized spacial score (nSPS) is 14.9. The van der Waals surface area contributed by atoms with Gasteiger partial charge in [-0.05, 0) is 32.5 Å². The van der Waals surface area contributed by atoms with Gasteiger partial charge < -0.3 is 10.2 Å². The van der Waals surface area contributed by atoms with Crippen molar-refractivity contribution in [3.05, 3.63) is 35.9 Å². The van der Waals surface area contributed by atoms with Gasteiger partial charge in [-0.15, -0.1) is 0 Å². The van der Waals surface area contributed by atoms with Crippen molar-refractivity contribution in [2.24, 2.45) is 0 Å². The first-order chi connectivity index (χ1) is 8.17. The van der Waals surface area contributed by atoms with E-state index in [4.69, 9.17) is 0 Å². The van der Waals surface area contributed by atoms with Crippen LogP contribution in [-0.2, 0) is 0 Å². The first-order valence-electron chi connectivity index (χ1n) is 6.70. The molecule has 0 saturated heterocycles. The smallest absolute Gasteiger partial charge is 0.0294 e. The van der Waals surface area contributed by atoms with Crippen molar-refractivity contribution in [2.45, 2.75) is 39.8 Å². The summed E-state index contributed by atoms with van der Waals surface area (Å²) in [6.07, 6.45) is 0. The lowest BCUT2D eigenvalue weighted by Gasteiger charge is -2.26. The predicted molar refractivity (Wildman–Crippen MR) is 75.2 cm³/mol. The van der Waals surface area contributed by atoms with Gasteiger partial charge in [0.15, 0.2) is 0 Å². The molecule has 1 N–H and O–H groups in total. The summed E-state index contributed by atoms with van der Waals surface area (Å²) in [6, 6.07) is 11.6. The van der Waals surface area contributed by atoms with E-state index in [1.165, 1.54) is 5.56 Å². The summed E-state index contributed by atoms with van der Waals surface area (Å²) in [5.41, 5.74) is 1.36. The van der Waals surface area contributed by atoms with Crippen LogP contribution in [-0.4, -0.2) is 30.6 Å². The van der Waals surface area contributed by atoms with Crippen LogP contribution >= 0.6 is 0 Å². The van der Waals surface area contributed by atoms with Crippen LogP contribution in [0.3, 0.4) is 0 Å². The molecule has 2 atom stereocenters. The fourth-order valence-corrected chi connectivity index (χ4v) is 2.19. The van der Waals surface area contributed by atoms with E-state index in [-0.39, 0.29) is 0 Å². The Kier molecular flexibility index (Phi) is 6.23. The molecule has 2 heteroatoms. The van der Waals surface area contributed by atoms with Crippen molar-refractivity contribution in [1.82, 2.24) is 10.2 Å². The minimum Gasteiger partial charge on any atom is -0.306 e. The Bertz CT molecular complexity index is 293. The van der Waals surface area contributed by atoms with Crippen molar-refractivity contribution in [2.75, 3.05) is 19.6 Å². The van der Waals surface area contributed by atoms with E-state index >= 15 is 0 Å². The van der Waals surface area contributed by atoms with Crippen molar-refractivity contribution in [3.63, 3.8) is 0 Å². The minimum absolute atomic E-state index is 0.418. The lowest BCUT2D eigenvalue weighted by atomic mass is 10.1. The lowest BCUT2D eigenvalue weighted by Crippen LogP contribution is -2.40. The molecule has 0 aliphatic rings. The van der Waals surface area contributed by atoms with Crippen molar-refractivity contribution in [3.8, 4) is 0 Å². The molecule has 0 heterocycles. The first-order valence-corrected chi connectivity index (χ1v) is 6.70. The van der Waals surface area contributed by atoms with Crippen LogP contribution in [0.5, 0.6) is 0 Å². The topological polar surface area (TPSA) is 15.3 Å². The number of likely N-dealkylation sites (N-methyl/N-ethyl adjacent to an activating group) is 1. The van der Waals surface area contributed by atoms with E-state index in [2.05, 4.69) is 68.2 Å². The summed E-state index contributed by atoms with van der Waals surface area (Å²) in [6.45, 7) is 12.3. The largest absolute Gasteiger partial charge is 0.306 e. The number of rotatable bonds is 7. The quantitative estimate of drug-likeness (QED) is 0.780. The van der Waals surface area contributed by atoms with Gasteiger partial charge in [-0.1, -0.05) is 44.2 Å². The second-order valence-corrected chi connectivity index (χ2v) is 4.69. The summed E-state index contributed by atoms with van der Waals surface area (Å²) >= 11 is 0. The Balaban J connectivity index is 2.43. The minimum atomic E-state index is 0.418. The Morgan fingerprint density at radius 2 is 1.65 bits per heavy atom. The average molecular weight is 234 g/mol. The average Bonchev–Trinajstić information content (AvgIpc) is 2.37. The van der Waals surface area contributed by atoms with E-state index in [0.29, 0.717) is 12.1 Å². The Hall–Kier alpha value is -0.860. The maximum atomic E-state index is 3.65. The van der Waals surface area contributed by atoms with E-state index in [1.54, 1.807) is 0 Å². The highest BCUT2D eigenvalue weighted by molar-refractivity contribution is 5.18. The van der Waals surface area contributed by atoms with E-state index < -0.39 is 0 Å². The van der Waals surface area contributed by atoms with Crippen LogP contribution in [0, 0.1) is 0 Å². The molecule has 0 aromatic heterocycles. The predicted octanol–water partition coefficient (Wildman–Crippen LogP) is 3.07. The van der Waals surface area contributed by atoms with Gasteiger partial charge in [0.25, 0.3) is 0 Å². The van der Waals surface area contributed by atoms with E-state index in [0.717, 1.165) is 19.6 Å². The Morgan fingerprint density at radius 1 is 1.06 bits per heavy atom. The van der Waals surface area contributed by atoms with Crippen LogP contribution in [0.1, 0.15) is 39.3 Å². The summed E-state index contributed by atoms with van der Waals surface area (Å²) in [4.78, 5) is 2.45. The van der Waals surface area contributed by atoms with Gasteiger partial charge in [-0.25, -0.2) is 0 Å². The van der Waals surface area contributed by atoms with Gasteiger partial charge in [0.1, 0.15) is 0 Å². The van der Waals surface area contributed by atoms with Crippen molar-refractivity contribution in [1.29, 1.82) is 0 Å². The molecule has 0 amide bonds. The van der Waals surface area contributed by atoms with E-state index in [1.807, 2.05) is 0 Å². The van der Waals surface area contributed by atoms with Gasteiger partial charge in [0.2, 0.25) is 0 Å². The second-order valence-electron chi connectivity index (χ2n) is 4.69. The molecule has 1 aromatic carbocycles. The third kappa shape index (κ3) is 4.88. The molecule has 0 radical (unpaired) electrons. The number of hydrogen-bond acceptors (Lipinski definition) is 2. The maximum absolute atomic E-state index is 3.65. The zero-order valence-corrected chi connectivity index (χ0v) is 11.6. The molecule has 1 aromatic rings. The van der Waals surface area contributed by atoms with Crippen molar-refractivity contribution >= 4 is 0 Å². The van der Waals surface area contributed by atoms with Crippen LogP contribution in [0.2, 0.25) is 0 Å². The Labute approximate surface area is 106 Å². The summed E-state index contributed by atoms with van der Waals surface area (Å²) in [7, 11) is 0. The number of benzene rings is 1. The SMILES string of the molecule is CCN(CC)CC(C)NC(C)c1ccccc1. The van der Waals surface area contributed by atoms with Gasteiger partial charge in [0, 0.05) is 18.6 Å². The molecule has 17 heavy (non-hydrogen) atoms. The molecular formula is C15H26N2. The highest BCUT2D eigenvalue weighted by atomic mass is 15.1. The molecule has 0 aliphatic heterocycles. The zero-order chi connectivity index (χ0) is 12.7. The third-order valence-corrected chi connectivity index (χ3v) is 3.26. The lowest BCUT2D eigenvalue weighted by molar-refractivity contribution is 0.264. The zero-order valence-electron chi connectivity index (χ0n) is 11.6. The summed E-state index contributed by atoms with van der Waals surface area (Å²) < 4.78 is 0. The molecule has 1 rings (SSSR count). The molecule has 0 aliphatic carbocycles. The molecule has 2 nitrogen and oxygen atoms in total. The molecule has 96 valence electrons. The van der Waals surface area contributed by atoms with Crippen LogP contribution in [0.4, 0.5) is 0 Å². The molecule has 2 unspecified atom stereocenters. The van der Waals surface area contributed by atoms with Crippen LogP contribution in [0.15, 0.2) is 30.3 Å². The summed E-state index contributed by atoms with van der Waals surface area (Å²) in [5.74, 6) is 0. The molecule has 0 fully saturated rings. The fraction of sp³-hybridized carbons (Fsp3) is 0.600. The standard InChI is InChI=1S/C15H26N2/c1-5-17(6-2)12-13(3)16-14(4)15-10-8-7-9-11-15/h7-11,13-14,16H,5-6,12H2,1-4H3. The second kappa shape index (κ2) is 7.46. The number of hydrogen-bond donors (Lipinski definition) is 1. The Morgan fingerprint density at radius 3 is 2.18 bits per heavy atom. The summed E-state index contributed by atoms with van der Waals surface area (Å²) in [5, 5.41) is 3.65. The first kappa shape index (κ1) is 14.2. The van der Waals surface area contributed by atoms with E-state index in [9.17, 15) is 0 Å². The maximum Gasteiger partial charge on any atom is 0.0294 e. The monoisotopic (exact) mass is 234 g/mol.